The van der Waals surface area contributed by atoms with Gasteiger partial charge in [0.15, 0.2) is 0 Å². The van der Waals surface area contributed by atoms with E-state index < -0.39 is 5.82 Å². The number of benzene rings is 2. The number of carbonyl (C=O) groups is 2. The van der Waals surface area contributed by atoms with Gasteiger partial charge in [-0.3, -0.25) is 9.59 Å². The molecule has 0 unspecified atom stereocenters. The van der Waals surface area contributed by atoms with Crippen LogP contribution in [0.15, 0.2) is 42.5 Å². The van der Waals surface area contributed by atoms with Gasteiger partial charge >= 0.3 is 0 Å². The average molecular weight is 367 g/mol. The molecular formula is C17H16ClFN2O2S. The van der Waals surface area contributed by atoms with Crippen LogP contribution >= 0.6 is 23.4 Å². The zero-order valence-corrected chi connectivity index (χ0v) is 14.5. The Morgan fingerprint density at radius 1 is 1.04 bits per heavy atom. The summed E-state index contributed by atoms with van der Waals surface area (Å²) < 4.78 is 13.4. The molecule has 0 fully saturated rings. The molecule has 0 saturated heterocycles. The number of para-hydroxylation sites is 1. The summed E-state index contributed by atoms with van der Waals surface area (Å²) in [6.07, 6.45) is 0. The highest BCUT2D eigenvalue weighted by atomic mass is 35.5. The smallest absolute Gasteiger partial charge is 0.234 e. The number of anilines is 2. The van der Waals surface area contributed by atoms with E-state index in [4.69, 9.17) is 11.6 Å². The molecule has 0 spiro atoms. The molecule has 0 atom stereocenters. The molecule has 2 aromatic carbocycles. The summed E-state index contributed by atoms with van der Waals surface area (Å²) in [4.78, 5) is 23.7. The van der Waals surface area contributed by atoms with E-state index in [1.807, 2.05) is 13.0 Å². The van der Waals surface area contributed by atoms with E-state index >= 15 is 0 Å². The lowest BCUT2D eigenvalue weighted by Crippen LogP contribution is -2.19. The number of hydrogen-bond donors (Lipinski definition) is 2. The Morgan fingerprint density at radius 3 is 2.33 bits per heavy atom. The Labute approximate surface area is 148 Å². The number of nitrogens with one attached hydrogen (secondary N) is 2. The van der Waals surface area contributed by atoms with Crippen LogP contribution in [-0.2, 0) is 9.59 Å². The summed E-state index contributed by atoms with van der Waals surface area (Å²) >= 11 is 7.04. The van der Waals surface area contributed by atoms with Crippen molar-refractivity contribution in [2.24, 2.45) is 0 Å². The second-order valence-electron chi connectivity index (χ2n) is 5.03. The molecule has 0 aromatic heterocycles. The first-order valence-corrected chi connectivity index (χ1v) is 8.67. The molecule has 2 amide bonds. The summed E-state index contributed by atoms with van der Waals surface area (Å²) in [7, 11) is 0. The highest BCUT2D eigenvalue weighted by Gasteiger charge is 2.09. The predicted octanol–water partition coefficient (Wildman–Crippen LogP) is 4.10. The van der Waals surface area contributed by atoms with Gasteiger partial charge < -0.3 is 10.6 Å². The second-order valence-corrected chi connectivity index (χ2v) is 6.45. The van der Waals surface area contributed by atoms with Crippen molar-refractivity contribution in [1.82, 2.24) is 0 Å². The Hall–Kier alpha value is -2.05. The molecule has 0 aliphatic carbocycles. The second kappa shape index (κ2) is 8.70. The monoisotopic (exact) mass is 366 g/mol. The van der Waals surface area contributed by atoms with Gasteiger partial charge in [0.2, 0.25) is 11.8 Å². The minimum absolute atomic E-state index is 0.0519. The molecule has 2 N–H and O–H groups in total. The maximum absolute atomic E-state index is 13.4. The van der Waals surface area contributed by atoms with E-state index in [1.165, 1.54) is 12.1 Å². The third-order valence-electron chi connectivity index (χ3n) is 3.09. The molecular weight excluding hydrogens is 351 g/mol. The van der Waals surface area contributed by atoms with Gasteiger partial charge in [-0.2, -0.15) is 0 Å². The minimum atomic E-state index is -0.495. The summed E-state index contributed by atoms with van der Waals surface area (Å²) in [5, 5.41) is 5.75. The van der Waals surface area contributed by atoms with Gasteiger partial charge in [0, 0.05) is 10.7 Å². The Bertz CT molecular complexity index is 755. The van der Waals surface area contributed by atoms with Gasteiger partial charge in [-0.05, 0) is 36.8 Å². The van der Waals surface area contributed by atoms with E-state index in [0.717, 1.165) is 17.3 Å². The number of carbonyl (C=O) groups excluding carboxylic acids is 2. The van der Waals surface area contributed by atoms with E-state index in [1.54, 1.807) is 24.3 Å². The normalized spacial score (nSPS) is 10.3. The Morgan fingerprint density at radius 2 is 1.67 bits per heavy atom. The lowest BCUT2D eigenvalue weighted by molar-refractivity contribution is -0.114. The van der Waals surface area contributed by atoms with Crippen LogP contribution in [0.1, 0.15) is 5.56 Å². The first kappa shape index (κ1) is 18.3. The van der Waals surface area contributed by atoms with Crippen LogP contribution in [0.25, 0.3) is 0 Å². The summed E-state index contributed by atoms with van der Waals surface area (Å²) in [5.74, 6) is -0.932. The molecule has 24 heavy (non-hydrogen) atoms. The van der Waals surface area contributed by atoms with Crippen molar-refractivity contribution in [3.8, 4) is 0 Å². The highest BCUT2D eigenvalue weighted by molar-refractivity contribution is 8.00. The van der Waals surface area contributed by atoms with Crippen LogP contribution in [0.3, 0.4) is 0 Å². The molecule has 0 saturated carbocycles. The lowest BCUT2D eigenvalue weighted by atomic mass is 10.2. The van der Waals surface area contributed by atoms with E-state index in [2.05, 4.69) is 10.6 Å². The van der Waals surface area contributed by atoms with Gasteiger partial charge in [0.25, 0.3) is 0 Å². The molecule has 2 rings (SSSR count). The van der Waals surface area contributed by atoms with E-state index in [9.17, 15) is 14.0 Å². The predicted molar refractivity (Wildman–Crippen MR) is 97.2 cm³/mol. The number of aryl methyl sites for hydroxylation is 1. The highest BCUT2D eigenvalue weighted by Crippen LogP contribution is 2.20. The third-order valence-corrected chi connectivity index (χ3v) is 4.26. The fourth-order valence-electron chi connectivity index (χ4n) is 1.90. The van der Waals surface area contributed by atoms with Crippen LogP contribution in [0.4, 0.5) is 15.8 Å². The maximum Gasteiger partial charge on any atom is 0.234 e. The van der Waals surface area contributed by atoms with Crippen molar-refractivity contribution in [2.75, 3.05) is 22.1 Å². The van der Waals surface area contributed by atoms with Crippen molar-refractivity contribution in [3.63, 3.8) is 0 Å². The molecule has 7 heteroatoms. The zero-order chi connectivity index (χ0) is 17.5. The van der Waals surface area contributed by atoms with Crippen LogP contribution in [0.2, 0.25) is 5.02 Å². The topological polar surface area (TPSA) is 58.2 Å². The lowest BCUT2D eigenvalue weighted by Gasteiger charge is -2.09. The van der Waals surface area contributed by atoms with Crippen LogP contribution in [-0.4, -0.2) is 23.3 Å². The van der Waals surface area contributed by atoms with Crippen molar-refractivity contribution < 1.29 is 14.0 Å². The molecule has 126 valence electrons. The standard InChI is InChI=1S/C17H16ClFN2O2S/c1-11-6-7-12(18)8-15(11)21-17(23)10-24-9-16(22)20-14-5-3-2-4-13(14)19/h2-8H,9-10H2,1H3,(H,20,22)(H,21,23). The third kappa shape index (κ3) is 5.54. The molecule has 0 radical (unpaired) electrons. The fourth-order valence-corrected chi connectivity index (χ4v) is 2.69. The van der Waals surface area contributed by atoms with Gasteiger partial charge in [0.1, 0.15) is 5.82 Å². The quantitative estimate of drug-likeness (QED) is 0.809. The van der Waals surface area contributed by atoms with Gasteiger partial charge in [0.05, 0.1) is 17.2 Å². The number of rotatable bonds is 6. The van der Waals surface area contributed by atoms with Crippen molar-refractivity contribution >= 4 is 46.6 Å². The fraction of sp³-hybridized carbons (Fsp3) is 0.176. The van der Waals surface area contributed by atoms with Gasteiger partial charge in [-0.15, -0.1) is 11.8 Å². The SMILES string of the molecule is Cc1ccc(Cl)cc1NC(=O)CSCC(=O)Nc1ccccc1F. The maximum atomic E-state index is 13.4. The number of amides is 2. The van der Waals surface area contributed by atoms with E-state index in [0.29, 0.717) is 10.7 Å². The molecule has 0 aliphatic rings. The molecule has 0 heterocycles. The summed E-state index contributed by atoms with van der Waals surface area (Å²) in [6, 6.07) is 11.1. The first-order valence-electron chi connectivity index (χ1n) is 7.14. The van der Waals surface area contributed by atoms with Gasteiger partial charge in [-0.1, -0.05) is 29.8 Å². The molecule has 0 bridgehead atoms. The van der Waals surface area contributed by atoms with Crippen molar-refractivity contribution in [3.05, 3.63) is 58.9 Å². The largest absolute Gasteiger partial charge is 0.325 e. The molecule has 0 aliphatic heterocycles. The summed E-state index contributed by atoms with van der Waals surface area (Å²) in [6.45, 7) is 1.86. The van der Waals surface area contributed by atoms with Crippen LogP contribution in [0, 0.1) is 12.7 Å². The average Bonchev–Trinajstić information content (AvgIpc) is 2.53. The van der Waals surface area contributed by atoms with Gasteiger partial charge in [-0.25, -0.2) is 4.39 Å². The number of hydrogen-bond acceptors (Lipinski definition) is 3. The summed E-state index contributed by atoms with van der Waals surface area (Å²) in [5.41, 5.74) is 1.67. The van der Waals surface area contributed by atoms with E-state index in [-0.39, 0.29) is 29.0 Å². The minimum Gasteiger partial charge on any atom is -0.325 e. The Balaban J connectivity index is 1.77. The Kier molecular flexibility index (Phi) is 6.63. The molecule has 4 nitrogen and oxygen atoms in total. The van der Waals surface area contributed by atoms with Crippen molar-refractivity contribution in [1.29, 1.82) is 0 Å². The van der Waals surface area contributed by atoms with Crippen LogP contribution in [0.5, 0.6) is 0 Å². The zero-order valence-electron chi connectivity index (χ0n) is 12.9. The van der Waals surface area contributed by atoms with Crippen molar-refractivity contribution in [2.45, 2.75) is 6.92 Å². The molecule has 2 aromatic rings. The van der Waals surface area contributed by atoms with Crippen LogP contribution < -0.4 is 10.6 Å². The number of halogens is 2. The number of thioether (sulfide) groups is 1. The first-order chi connectivity index (χ1) is 11.5.